The van der Waals surface area contributed by atoms with Crippen LogP contribution in [0.2, 0.25) is 0 Å². The standard InChI is InChI=1S/C49H72N10O13P2S2/c1-25(2)8-7-9-26(3)30-12-13-31-29-11-10-27-20-28(14-16-47(27,4)32(29)15-17-48(30,31)5)71-73(63,64)69-21-33-37(36(60)43(70-33)58-23-52-34-39(58)54-45(50)56-41(34)75)72-74(65,66-6)68-19-18-49(62)22-67-44(38(49)61)59-24-53-35-40(59)55-46(51)57-42(35)76/h10,23-26,28-32,36,38,43-44,60-62H,7-9,11-22H2,1-6H3,(H,63,64)(H3,50,54,56,75)(H3,51,55,57,76)/t26-,28+,29+,30-,31+,32+,36?,38?,43-,44-,47+,48-,49?,74?/m1/s1. The van der Waals surface area contributed by atoms with Crippen molar-refractivity contribution in [1.29, 1.82) is 0 Å². The summed E-state index contributed by atoms with van der Waals surface area (Å²) in [5.41, 5.74) is 12.5. The molecule has 10 rings (SSSR count). The lowest BCUT2D eigenvalue weighted by Gasteiger charge is -2.58. The molecule has 27 heteroatoms. The zero-order chi connectivity index (χ0) is 54.3. The van der Waals surface area contributed by atoms with E-state index in [-0.39, 0.29) is 56.5 Å². The Balaban J connectivity index is 0.816. The van der Waals surface area contributed by atoms with Gasteiger partial charge in [-0.05, 0) is 97.7 Å². The third-order valence-electron chi connectivity index (χ3n) is 18.0. The number of nitrogens with two attached hydrogens (primary N) is 2. The van der Waals surface area contributed by atoms with E-state index in [1.54, 1.807) is 0 Å². The Morgan fingerprint density at radius 1 is 0.921 bits per heavy atom. The fourth-order valence-electron chi connectivity index (χ4n) is 14.1. The number of phosphoric ester groups is 2. The van der Waals surface area contributed by atoms with Gasteiger partial charge in [-0.1, -0.05) is 90.0 Å². The van der Waals surface area contributed by atoms with E-state index in [1.165, 1.54) is 72.3 Å². The summed E-state index contributed by atoms with van der Waals surface area (Å²) < 4.78 is 71.3. The lowest BCUT2D eigenvalue weighted by atomic mass is 9.47. The number of phosphoric acid groups is 2. The van der Waals surface area contributed by atoms with Crippen LogP contribution < -0.4 is 11.5 Å². The molecule has 2 aliphatic heterocycles. The van der Waals surface area contributed by atoms with Gasteiger partial charge < -0.3 is 55.6 Å². The van der Waals surface area contributed by atoms with Crippen molar-refractivity contribution in [1.82, 2.24) is 39.0 Å². The number of aliphatic hydroxyl groups is 3. The predicted molar refractivity (Wildman–Crippen MR) is 283 cm³/mol. The quantitative estimate of drug-likeness (QED) is 0.0247. The molecular weight excluding hydrogens is 1060 g/mol. The maximum Gasteiger partial charge on any atom is 0.529 e. The van der Waals surface area contributed by atoms with Gasteiger partial charge in [0.1, 0.15) is 47.0 Å². The molecule has 1 saturated heterocycles. The Morgan fingerprint density at radius 2 is 1.59 bits per heavy atom. The van der Waals surface area contributed by atoms with Crippen LogP contribution in [0.1, 0.15) is 124 Å². The molecule has 10 N–H and O–H groups in total. The second kappa shape index (κ2) is 21.1. The zero-order valence-corrected chi connectivity index (χ0v) is 47.1. The van der Waals surface area contributed by atoms with Gasteiger partial charge in [-0.3, -0.25) is 27.2 Å². The van der Waals surface area contributed by atoms with Crippen LogP contribution in [-0.4, -0.2) is 110 Å². The summed E-state index contributed by atoms with van der Waals surface area (Å²) >= 11 is 10.6. The molecular formula is C49H72N10O13P2S2. The normalized spacial score (nSPS) is 34.4. The number of hydrogen-bond donors (Lipinski definition) is 8. The minimum Gasteiger partial charge on any atom is -0.465 e. The molecule has 0 bridgehead atoms. The number of imidazole rings is 2. The van der Waals surface area contributed by atoms with Crippen molar-refractivity contribution in [2.45, 2.75) is 148 Å². The Hall–Kier alpha value is -3.68. The van der Waals surface area contributed by atoms with E-state index < -0.39 is 71.0 Å². The van der Waals surface area contributed by atoms with Gasteiger partial charge in [0, 0.05) is 13.5 Å². The van der Waals surface area contributed by atoms with E-state index in [4.69, 9.17) is 68.0 Å². The Bertz CT molecular complexity index is 3130. The van der Waals surface area contributed by atoms with Crippen molar-refractivity contribution in [3.05, 3.63) is 45.1 Å². The number of fused-ring (bicyclic) bond motifs is 7. The van der Waals surface area contributed by atoms with Gasteiger partial charge in [-0.15, -0.1) is 0 Å². The highest BCUT2D eigenvalue weighted by Crippen LogP contribution is 2.68. The van der Waals surface area contributed by atoms with E-state index in [0.29, 0.717) is 47.2 Å². The van der Waals surface area contributed by atoms with Crippen molar-refractivity contribution in [3.8, 4) is 0 Å². The molecule has 4 aromatic rings. The van der Waals surface area contributed by atoms with Gasteiger partial charge in [0.25, 0.3) is 0 Å². The monoisotopic (exact) mass is 1130 g/mol. The van der Waals surface area contributed by atoms with Gasteiger partial charge in [-0.2, -0.15) is 0 Å². The van der Waals surface area contributed by atoms with Crippen LogP contribution in [0.3, 0.4) is 0 Å². The van der Waals surface area contributed by atoms with Crippen molar-refractivity contribution in [2.75, 3.05) is 38.4 Å². The fraction of sp³-hybridized carbons (Fsp3) is 0.714. The summed E-state index contributed by atoms with van der Waals surface area (Å²) in [4.78, 5) is 33.6. The number of rotatable bonds is 19. The van der Waals surface area contributed by atoms with Crippen LogP contribution in [0.25, 0.3) is 22.3 Å². The smallest absolute Gasteiger partial charge is 0.465 e. The van der Waals surface area contributed by atoms with Crippen molar-refractivity contribution >= 4 is 74.3 Å². The summed E-state index contributed by atoms with van der Waals surface area (Å²) in [5, 5.41) is 34.8. The average molecular weight is 1140 g/mol. The molecule has 23 nitrogen and oxygen atoms in total. The lowest BCUT2D eigenvalue weighted by Crippen LogP contribution is -2.51. The maximum atomic E-state index is 14.3. The second-order valence-corrected chi connectivity index (χ2v) is 26.7. The number of allylic oxidation sites excluding steroid dienone is 1. The van der Waals surface area contributed by atoms with Gasteiger partial charge in [0.15, 0.2) is 45.0 Å². The average Bonchev–Trinajstić information content (AvgIpc) is 4.35. The Morgan fingerprint density at radius 3 is 2.25 bits per heavy atom. The summed E-state index contributed by atoms with van der Waals surface area (Å²) in [7, 11) is -8.56. The van der Waals surface area contributed by atoms with Gasteiger partial charge >= 0.3 is 15.6 Å². The molecule has 6 heterocycles. The highest BCUT2D eigenvalue weighted by molar-refractivity contribution is 7.71. The summed E-state index contributed by atoms with van der Waals surface area (Å²) in [5.74, 6) is 3.13. The van der Waals surface area contributed by atoms with Crippen LogP contribution in [0.5, 0.6) is 0 Å². The molecule has 4 fully saturated rings. The van der Waals surface area contributed by atoms with E-state index in [9.17, 15) is 29.3 Å². The number of anilines is 2. The Kier molecular flexibility index (Phi) is 15.4. The number of aliphatic hydroxyl groups excluding tert-OH is 2. The van der Waals surface area contributed by atoms with Crippen LogP contribution in [-0.2, 0) is 41.2 Å². The molecule has 4 aromatic heterocycles. The molecule has 418 valence electrons. The molecule has 0 aromatic carbocycles. The first-order chi connectivity index (χ1) is 36.0. The van der Waals surface area contributed by atoms with E-state index in [1.807, 2.05) is 0 Å². The SMILES string of the molecule is COP(=O)(OCCC1(O)CO[C@@H](n2cnc3c(=S)nc(N)[nH]c32)C1O)OC1=C(COP(=O)(O)O[C@H]2CC[C@@]3(C)C(=CC[C@H]4[C@@H]5CC[C@H]([C@H](C)CCCC(C)C)[C@@]5(C)CC[C@@H]43)C2)O[C@@H](n2cnc3c(=S)nc(N)[nH]c32)C1O. The predicted octanol–water partition coefficient (Wildman–Crippen LogP) is 8.60. The first-order valence-electron chi connectivity index (χ1n) is 26.4. The minimum absolute atomic E-state index is 0.00478. The third kappa shape index (κ3) is 10.3. The van der Waals surface area contributed by atoms with Crippen LogP contribution in [0.15, 0.2) is 35.8 Å². The third-order valence-corrected chi connectivity index (χ3v) is 21.0. The second-order valence-electron chi connectivity index (χ2n) is 22.8. The fourth-order valence-corrected chi connectivity index (χ4v) is 16.5. The number of H-pyrrole nitrogens is 2. The van der Waals surface area contributed by atoms with E-state index >= 15 is 0 Å². The molecule has 3 saturated carbocycles. The maximum absolute atomic E-state index is 14.3. The number of aromatic nitrogens is 8. The van der Waals surface area contributed by atoms with Crippen molar-refractivity contribution in [2.24, 2.45) is 46.3 Å². The number of hydrogen-bond acceptors (Lipinski definition) is 20. The van der Waals surface area contributed by atoms with Crippen LogP contribution in [0.4, 0.5) is 11.9 Å². The highest BCUT2D eigenvalue weighted by atomic mass is 32.1. The largest absolute Gasteiger partial charge is 0.529 e. The van der Waals surface area contributed by atoms with E-state index in [2.05, 4.69) is 70.6 Å². The molecule has 76 heavy (non-hydrogen) atoms. The topological polar surface area (TPSA) is 325 Å². The van der Waals surface area contributed by atoms with Crippen LogP contribution >= 0.6 is 40.1 Å². The molecule has 6 aliphatic rings. The minimum atomic E-state index is -4.85. The molecule has 0 spiro atoms. The molecule has 4 aliphatic carbocycles. The number of aromatic amines is 2. The van der Waals surface area contributed by atoms with Gasteiger partial charge in [-0.25, -0.2) is 29.1 Å². The van der Waals surface area contributed by atoms with Gasteiger partial charge in [0.2, 0.25) is 6.23 Å². The molecule has 15 atom stereocenters. The highest BCUT2D eigenvalue weighted by Gasteiger charge is 2.59. The summed E-state index contributed by atoms with van der Waals surface area (Å²) in [6.07, 6.45) is 9.88. The van der Waals surface area contributed by atoms with E-state index in [0.717, 1.165) is 37.7 Å². The first-order valence-corrected chi connectivity index (χ1v) is 30.1. The number of nitrogen functional groups attached to an aromatic ring is 2. The molecule has 0 amide bonds. The summed E-state index contributed by atoms with van der Waals surface area (Å²) in [6.45, 7) is 10.4. The van der Waals surface area contributed by atoms with Crippen LogP contribution in [0, 0.1) is 55.6 Å². The number of nitrogens with one attached hydrogen (secondary N) is 2. The Labute approximate surface area is 450 Å². The number of nitrogens with zero attached hydrogens (tertiary/aromatic N) is 6. The van der Waals surface area contributed by atoms with Crippen molar-refractivity contribution < 1.29 is 61.4 Å². The lowest BCUT2D eigenvalue weighted by molar-refractivity contribution is -0.0709. The van der Waals surface area contributed by atoms with Crippen molar-refractivity contribution in [3.63, 3.8) is 0 Å². The van der Waals surface area contributed by atoms with Gasteiger partial charge in [0.05, 0.1) is 25.6 Å². The number of ether oxygens (including phenoxy) is 2. The molecule has 0 radical (unpaired) electrons. The zero-order valence-electron chi connectivity index (χ0n) is 43.7. The first kappa shape index (κ1) is 55.6. The molecule has 5 unspecified atom stereocenters. The summed E-state index contributed by atoms with van der Waals surface area (Å²) in [6, 6.07) is 0.